The molecular formula is C23H28N4O5S. The lowest BCUT2D eigenvalue weighted by atomic mass is 10.1. The Balaban J connectivity index is 1.57. The summed E-state index contributed by atoms with van der Waals surface area (Å²) in [6, 6.07) is 14.6. The van der Waals surface area contributed by atoms with Gasteiger partial charge in [-0.15, -0.1) is 0 Å². The van der Waals surface area contributed by atoms with Crippen LogP contribution in [0.5, 0.6) is 5.75 Å². The molecule has 0 bridgehead atoms. The van der Waals surface area contributed by atoms with Crippen LogP contribution in [0.1, 0.15) is 24.3 Å². The van der Waals surface area contributed by atoms with Crippen LogP contribution in [-0.4, -0.2) is 56.3 Å². The SMILES string of the molecule is COc1cccc(N(CCCC(=O)N(C)Cc2nc(-c3cccc(C)c3)no2)S(C)(=O)=O)c1. The van der Waals surface area contributed by atoms with Gasteiger partial charge >= 0.3 is 0 Å². The van der Waals surface area contributed by atoms with Gasteiger partial charge < -0.3 is 14.2 Å². The molecule has 0 saturated heterocycles. The topological polar surface area (TPSA) is 106 Å². The summed E-state index contributed by atoms with van der Waals surface area (Å²) in [5, 5.41) is 3.99. The van der Waals surface area contributed by atoms with E-state index in [1.165, 1.54) is 16.3 Å². The van der Waals surface area contributed by atoms with Crippen LogP contribution >= 0.6 is 0 Å². The van der Waals surface area contributed by atoms with Gasteiger partial charge in [-0.2, -0.15) is 4.98 Å². The highest BCUT2D eigenvalue weighted by Gasteiger charge is 2.20. The maximum atomic E-state index is 12.6. The lowest BCUT2D eigenvalue weighted by molar-refractivity contribution is -0.130. The van der Waals surface area contributed by atoms with Crippen molar-refractivity contribution < 1.29 is 22.5 Å². The van der Waals surface area contributed by atoms with Crippen LogP contribution in [0, 0.1) is 6.92 Å². The minimum absolute atomic E-state index is 0.149. The Morgan fingerprint density at radius 3 is 2.61 bits per heavy atom. The number of carbonyl (C=O) groups is 1. The van der Waals surface area contributed by atoms with Crippen molar-refractivity contribution in [3.05, 3.63) is 60.0 Å². The average Bonchev–Trinajstić information content (AvgIpc) is 3.24. The second kappa shape index (κ2) is 10.5. The van der Waals surface area contributed by atoms with Gasteiger partial charge in [0.25, 0.3) is 0 Å². The Morgan fingerprint density at radius 1 is 1.15 bits per heavy atom. The third-order valence-electron chi connectivity index (χ3n) is 5.04. The molecule has 1 aromatic heterocycles. The maximum Gasteiger partial charge on any atom is 0.246 e. The number of hydrogen-bond acceptors (Lipinski definition) is 7. The van der Waals surface area contributed by atoms with E-state index in [9.17, 15) is 13.2 Å². The Hall–Kier alpha value is -3.40. The molecule has 0 unspecified atom stereocenters. The summed E-state index contributed by atoms with van der Waals surface area (Å²) in [4.78, 5) is 18.4. The van der Waals surface area contributed by atoms with Crippen LogP contribution in [0.25, 0.3) is 11.4 Å². The lowest BCUT2D eigenvalue weighted by Gasteiger charge is -2.23. The van der Waals surface area contributed by atoms with Gasteiger partial charge in [0.15, 0.2) is 0 Å². The maximum absolute atomic E-state index is 12.6. The van der Waals surface area contributed by atoms with Gasteiger partial charge in [0.2, 0.25) is 27.6 Å². The first-order valence-electron chi connectivity index (χ1n) is 10.4. The number of aryl methyl sites for hydroxylation is 1. The normalized spacial score (nSPS) is 11.3. The van der Waals surface area contributed by atoms with E-state index in [4.69, 9.17) is 9.26 Å². The van der Waals surface area contributed by atoms with E-state index in [-0.39, 0.29) is 25.4 Å². The second-order valence-electron chi connectivity index (χ2n) is 7.77. The fourth-order valence-corrected chi connectivity index (χ4v) is 4.29. The third-order valence-corrected chi connectivity index (χ3v) is 6.23. The van der Waals surface area contributed by atoms with Gasteiger partial charge in [0.1, 0.15) is 5.75 Å². The molecule has 176 valence electrons. The molecule has 0 saturated carbocycles. The quantitative estimate of drug-likeness (QED) is 0.446. The van der Waals surface area contributed by atoms with E-state index in [2.05, 4.69) is 10.1 Å². The molecule has 0 radical (unpaired) electrons. The molecule has 33 heavy (non-hydrogen) atoms. The summed E-state index contributed by atoms with van der Waals surface area (Å²) in [7, 11) is -0.349. The van der Waals surface area contributed by atoms with E-state index in [1.54, 1.807) is 31.3 Å². The Morgan fingerprint density at radius 2 is 1.91 bits per heavy atom. The molecule has 10 heteroatoms. The number of ether oxygens (including phenoxy) is 1. The summed E-state index contributed by atoms with van der Waals surface area (Å²) in [5.74, 6) is 1.21. The van der Waals surface area contributed by atoms with E-state index in [0.717, 1.165) is 17.4 Å². The minimum Gasteiger partial charge on any atom is -0.497 e. The molecule has 1 amide bonds. The molecule has 0 aliphatic rings. The van der Waals surface area contributed by atoms with Crippen molar-refractivity contribution in [3.63, 3.8) is 0 Å². The molecule has 0 N–H and O–H groups in total. The summed E-state index contributed by atoms with van der Waals surface area (Å²) in [6.07, 6.45) is 1.67. The highest BCUT2D eigenvalue weighted by atomic mass is 32.2. The largest absolute Gasteiger partial charge is 0.497 e. The first kappa shape index (κ1) is 24.2. The highest BCUT2D eigenvalue weighted by Crippen LogP contribution is 2.23. The van der Waals surface area contributed by atoms with Crippen molar-refractivity contribution in [2.24, 2.45) is 0 Å². The first-order valence-corrected chi connectivity index (χ1v) is 12.3. The van der Waals surface area contributed by atoms with Crippen LogP contribution in [0.4, 0.5) is 5.69 Å². The fourth-order valence-electron chi connectivity index (χ4n) is 3.33. The van der Waals surface area contributed by atoms with Gasteiger partial charge in [-0.25, -0.2) is 8.42 Å². The molecule has 2 aromatic carbocycles. The molecule has 3 aromatic rings. The van der Waals surface area contributed by atoms with Crippen LogP contribution in [0.3, 0.4) is 0 Å². The third kappa shape index (κ3) is 6.55. The molecule has 3 rings (SSSR count). The van der Waals surface area contributed by atoms with Gasteiger partial charge in [0.05, 0.1) is 25.6 Å². The number of benzene rings is 2. The molecule has 0 aliphatic carbocycles. The average molecular weight is 473 g/mol. The number of rotatable bonds is 10. The summed E-state index contributed by atoms with van der Waals surface area (Å²) < 4.78 is 36.3. The smallest absolute Gasteiger partial charge is 0.246 e. The number of anilines is 1. The van der Waals surface area contributed by atoms with Crippen LogP contribution in [0.15, 0.2) is 53.1 Å². The van der Waals surface area contributed by atoms with Gasteiger partial charge in [-0.05, 0) is 31.5 Å². The lowest BCUT2D eigenvalue weighted by Crippen LogP contribution is -2.32. The number of nitrogens with zero attached hydrogens (tertiary/aromatic N) is 4. The van der Waals surface area contributed by atoms with Crippen LogP contribution in [-0.2, 0) is 21.4 Å². The van der Waals surface area contributed by atoms with E-state index in [0.29, 0.717) is 29.6 Å². The van der Waals surface area contributed by atoms with Crippen molar-refractivity contribution in [2.45, 2.75) is 26.3 Å². The van der Waals surface area contributed by atoms with Crippen molar-refractivity contribution in [1.29, 1.82) is 0 Å². The molecule has 0 spiro atoms. The minimum atomic E-state index is -3.52. The Labute approximate surface area is 194 Å². The molecular weight excluding hydrogens is 444 g/mol. The Bertz CT molecular complexity index is 1210. The summed E-state index contributed by atoms with van der Waals surface area (Å²) >= 11 is 0. The highest BCUT2D eigenvalue weighted by molar-refractivity contribution is 7.92. The van der Waals surface area contributed by atoms with Crippen molar-refractivity contribution in [1.82, 2.24) is 15.0 Å². The zero-order chi connectivity index (χ0) is 24.0. The fraction of sp³-hybridized carbons (Fsp3) is 0.348. The number of sulfonamides is 1. The number of amides is 1. The van der Waals surface area contributed by atoms with Gasteiger partial charge in [0, 0.05) is 31.6 Å². The number of hydrogen-bond donors (Lipinski definition) is 0. The summed E-state index contributed by atoms with van der Waals surface area (Å²) in [5.41, 5.74) is 2.42. The monoisotopic (exact) mass is 472 g/mol. The molecule has 0 fully saturated rings. The van der Waals surface area contributed by atoms with Crippen molar-refractivity contribution >= 4 is 21.6 Å². The summed E-state index contributed by atoms with van der Waals surface area (Å²) in [6.45, 7) is 2.32. The van der Waals surface area contributed by atoms with Crippen molar-refractivity contribution in [3.8, 4) is 17.1 Å². The Kier molecular flexibility index (Phi) is 7.70. The molecule has 0 atom stereocenters. The number of aromatic nitrogens is 2. The first-order chi connectivity index (χ1) is 15.7. The number of methoxy groups -OCH3 is 1. The van der Waals surface area contributed by atoms with Crippen LogP contribution in [0.2, 0.25) is 0 Å². The predicted molar refractivity (Wildman–Crippen MR) is 125 cm³/mol. The van der Waals surface area contributed by atoms with E-state index >= 15 is 0 Å². The predicted octanol–water partition coefficient (Wildman–Crippen LogP) is 3.26. The van der Waals surface area contributed by atoms with Crippen LogP contribution < -0.4 is 9.04 Å². The second-order valence-corrected chi connectivity index (χ2v) is 9.68. The molecule has 1 heterocycles. The van der Waals surface area contributed by atoms with E-state index < -0.39 is 10.0 Å². The standard InChI is InChI=1S/C23H28N4O5S/c1-17-8-5-9-18(14-17)23-24-21(32-25-23)16-26(2)22(28)12-7-13-27(33(4,29)30)19-10-6-11-20(15-19)31-3/h5-6,8-11,14-15H,7,12-13,16H2,1-4H3. The van der Waals surface area contributed by atoms with Gasteiger partial charge in [-0.1, -0.05) is 35.0 Å². The molecule has 9 nitrogen and oxygen atoms in total. The van der Waals surface area contributed by atoms with Gasteiger partial charge in [-0.3, -0.25) is 9.10 Å². The van der Waals surface area contributed by atoms with E-state index in [1.807, 2.05) is 31.2 Å². The molecule has 0 aliphatic heterocycles. The zero-order valence-electron chi connectivity index (χ0n) is 19.2. The van der Waals surface area contributed by atoms with Crippen molar-refractivity contribution in [2.75, 3.05) is 31.3 Å². The number of carbonyl (C=O) groups excluding carboxylic acids is 1. The zero-order valence-corrected chi connectivity index (χ0v) is 20.0.